The van der Waals surface area contributed by atoms with Crippen LogP contribution in [-0.4, -0.2) is 48.4 Å². The van der Waals surface area contributed by atoms with Crippen LogP contribution in [0.5, 0.6) is 0 Å². The highest BCUT2D eigenvalue weighted by atomic mass is 16.5. The molecule has 0 bridgehead atoms. The van der Waals surface area contributed by atoms with Gasteiger partial charge in [0.05, 0.1) is 23.4 Å². The molecule has 0 aromatic carbocycles. The lowest BCUT2D eigenvalue weighted by Crippen LogP contribution is -2.39. The maximum absolute atomic E-state index is 6.46. The summed E-state index contributed by atoms with van der Waals surface area (Å²) in [6, 6.07) is 0. The first kappa shape index (κ1) is 18.2. The fourth-order valence-corrected chi connectivity index (χ4v) is 4.12. The van der Waals surface area contributed by atoms with Gasteiger partial charge < -0.3 is 14.4 Å². The molecular formula is C19H37NO2. The molecule has 2 aliphatic rings. The molecule has 3 nitrogen and oxygen atoms in total. The van der Waals surface area contributed by atoms with Gasteiger partial charge in [-0.1, -0.05) is 0 Å². The molecule has 130 valence electrons. The normalized spacial score (nSPS) is 29.2. The van der Waals surface area contributed by atoms with Crippen molar-refractivity contribution in [3.63, 3.8) is 0 Å². The van der Waals surface area contributed by atoms with Gasteiger partial charge >= 0.3 is 0 Å². The molecule has 0 N–H and O–H groups in total. The highest BCUT2D eigenvalue weighted by Crippen LogP contribution is 2.37. The van der Waals surface area contributed by atoms with E-state index in [-0.39, 0.29) is 11.2 Å². The molecule has 2 fully saturated rings. The molecule has 1 heterocycles. The van der Waals surface area contributed by atoms with E-state index < -0.39 is 0 Å². The number of hydrogen-bond acceptors (Lipinski definition) is 3. The molecule has 2 atom stereocenters. The van der Waals surface area contributed by atoms with Gasteiger partial charge in [0.2, 0.25) is 0 Å². The summed E-state index contributed by atoms with van der Waals surface area (Å²) in [7, 11) is 2.20. The van der Waals surface area contributed by atoms with Crippen LogP contribution in [-0.2, 0) is 9.47 Å². The van der Waals surface area contributed by atoms with E-state index in [4.69, 9.17) is 9.47 Å². The highest BCUT2D eigenvalue weighted by Gasteiger charge is 2.34. The number of ether oxygens (including phenoxy) is 2. The molecule has 0 amide bonds. The van der Waals surface area contributed by atoms with Gasteiger partial charge in [-0.25, -0.2) is 0 Å². The minimum Gasteiger partial charge on any atom is -0.373 e. The zero-order valence-corrected chi connectivity index (χ0v) is 15.7. The van der Waals surface area contributed by atoms with Crippen LogP contribution in [0.1, 0.15) is 73.1 Å². The first-order valence-corrected chi connectivity index (χ1v) is 9.17. The highest BCUT2D eigenvalue weighted by molar-refractivity contribution is 4.85. The van der Waals surface area contributed by atoms with Crippen molar-refractivity contribution >= 4 is 0 Å². The van der Waals surface area contributed by atoms with E-state index in [1.807, 2.05) is 0 Å². The second kappa shape index (κ2) is 7.19. The van der Waals surface area contributed by atoms with Crippen LogP contribution in [0.2, 0.25) is 0 Å². The third-order valence-corrected chi connectivity index (χ3v) is 4.94. The summed E-state index contributed by atoms with van der Waals surface area (Å²) in [4.78, 5) is 2.40. The molecule has 1 aliphatic heterocycles. The van der Waals surface area contributed by atoms with Crippen molar-refractivity contribution in [3.8, 4) is 0 Å². The van der Waals surface area contributed by atoms with E-state index in [1.54, 1.807) is 0 Å². The lowest BCUT2D eigenvalue weighted by atomic mass is 9.91. The minimum absolute atomic E-state index is 0.00185. The van der Waals surface area contributed by atoms with Crippen molar-refractivity contribution in [3.05, 3.63) is 0 Å². The van der Waals surface area contributed by atoms with E-state index in [1.165, 1.54) is 51.6 Å². The Kier molecular flexibility index (Phi) is 5.95. The second-order valence-electron chi connectivity index (χ2n) is 9.12. The molecule has 2 rings (SSSR count). The van der Waals surface area contributed by atoms with Crippen LogP contribution >= 0.6 is 0 Å². The summed E-state index contributed by atoms with van der Waals surface area (Å²) in [6.45, 7) is 13.4. The molecule has 3 heteroatoms. The summed E-state index contributed by atoms with van der Waals surface area (Å²) in [5.41, 5.74) is -0.0123. The SMILES string of the molecule is CN1CCC(OC(C)(C)CC2CCC(OC(C)(C)C)C2)CC1. The number of nitrogens with zero attached hydrogens (tertiary/aromatic N) is 1. The molecule has 1 aliphatic carbocycles. The van der Waals surface area contributed by atoms with E-state index in [0.29, 0.717) is 12.2 Å². The molecule has 0 spiro atoms. The molecule has 0 radical (unpaired) electrons. The minimum atomic E-state index is -0.0142. The second-order valence-corrected chi connectivity index (χ2v) is 9.12. The van der Waals surface area contributed by atoms with Crippen molar-refractivity contribution in [2.45, 2.75) is 96.6 Å². The van der Waals surface area contributed by atoms with Crippen molar-refractivity contribution in [2.75, 3.05) is 20.1 Å². The van der Waals surface area contributed by atoms with Crippen molar-refractivity contribution < 1.29 is 9.47 Å². The Balaban J connectivity index is 1.75. The number of likely N-dealkylation sites (tertiary alicyclic amines) is 1. The fraction of sp³-hybridized carbons (Fsp3) is 1.00. The molecule has 1 saturated carbocycles. The zero-order chi connectivity index (χ0) is 16.4. The van der Waals surface area contributed by atoms with Crippen LogP contribution in [0.25, 0.3) is 0 Å². The van der Waals surface area contributed by atoms with Crippen molar-refractivity contribution in [2.24, 2.45) is 5.92 Å². The molecule has 0 aromatic rings. The summed E-state index contributed by atoms with van der Waals surface area (Å²) in [5.74, 6) is 0.758. The summed E-state index contributed by atoms with van der Waals surface area (Å²) >= 11 is 0. The van der Waals surface area contributed by atoms with Crippen molar-refractivity contribution in [1.29, 1.82) is 0 Å². The smallest absolute Gasteiger partial charge is 0.0633 e. The van der Waals surface area contributed by atoms with Gasteiger partial charge in [0.15, 0.2) is 0 Å². The summed E-state index contributed by atoms with van der Waals surface area (Å²) in [6.07, 6.45) is 8.15. The summed E-state index contributed by atoms with van der Waals surface area (Å²) < 4.78 is 12.6. The Morgan fingerprint density at radius 1 is 0.864 bits per heavy atom. The van der Waals surface area contributed by atoms with E-state index in [0.717, 1.165) is 5.92 Å². The quantitative estimate of drug-likeness (QED) is 0.757. The van der Waals surface area contributed by atoms with Gasteiger partial charge in [-0.3, -0.25) is 0 Å². The first-order valence-electron chi connectivity index (χ1n) is 9.17. The van der Waals surface area contributed by atoms with Gasteiger partial charge in [-0.15, -0.1) is 0 Å². The Bertz CT molecular complexity index is 340. The molecular weight excluding hydrogens is 274 g/mol. The molecule has 0 aromatic heterocycles. The fourth-order valence-electron chi connectivity index (χ4n) is 4.12. The Hall–Kier alpha value is -0.120. The average Bonchev–Trinajstić information content (AvgIpc) is 2.75. The molecule has 1 saturated heterocycles. The van der Waals surface area contributed by atoms with Gasteiger partial charge in [-0.05, 0) is 86.1 Å². The molecule has 2 unspecified atom stereocenters. The predicted octanol–water partition coefficient (Wildman–Crippen LogP) is 4.25. The monoisotopic (exact) mass is 311 g/mol. The van der Waals surface area contributed by atoms with Crippen LogP contribution in [0.3, 0.4) is 0 Å². The maximum atomic E-state index is 6.46. The Morgan fingerprint density at radius 3 is 2.09 bits per heavy atom. The van der Waals surface area contributed by atoms with E-state index >= 15 is 0 Å². The number of hydrogen-bond donors (Lipinski definition) is 0. The maximum Gasteiger partial charge on any atom is 0.0633 e. The largest absolute Gasteiger partial charge is 0.373 e. The van der Waals surface area contributed by atoms with Gasteiger partial charge in [0.25, 0.3) is 0 Å². The zero-order valence-electron chi connectivity index (χ0n) is 15.7. The van der Waals surface area contributed by atoms with Crippen LogP contribution < -0.4 is 0 Å². The van der Waals surface area contributed by atoms with Gasteiger partial charge in [0.1, 0.15) is 0 Å². The lowest BCUT2D eigenvalue weighted by molar-refractivity contribution is -0.102. The third-order valence-electron chi connectivity index (χ3n) is 4.94. The molecule has 22 heavy (non-hydrogen) atoms. The first-order chi connectivity index (χ1) is 10.1. The third kappa shape index (κ3) is 6.17. The number of rotatable bonds is 5. The van der Waals surface area contributed by atoms with Gasteiger partial charge in [0, 0.05) is 13.1 Å². The topological polar surface area (TPSA) is 21.7 Å². The Labute approximate surface area is 137 Å². The van der Waals surface area contributed by atoms with E-state index in [9.17, 15) is 0 Å². The van der Waals surface area contributed by atoms with Crippen LogP contribution in [0.4, 0.5) is 0 Å². The van der Waals surface area contributed by atoms with Crippen LogP contribution in [0.15, 0.2) is 0 Å². The van der Waals surface area contributed by atoms with Crippen molar-refractivity contribution in [1.82, 2.24) is 4.90 Å². The average molecular weight is 312 g/mol. The van der Waals surface area contributed by atoms with E-state index in [2.05, 4.69) is 46.6 Å². The number of piperidine rings is 1. The predicted molar refractivity (Wildman–Crippen MR) is 92.3 cm³/mol. The Morgan fingerprint density at radius 2 is 1.50 bits per heavy atom. The van der Waals surface area contributed by atoms with Gasteiger partial charge in [-0.2, -0.15) is 0 Å². The lowest BCUT2D eigenvalue weighted by Gasteiger charge is -2.37. The summed E-state index contributed by atoms with van der Waals surface area (Å²) in [5, 5.41) is 0. The standard InChI is InChI=1S/C19H37NO2/c1-18(2,3)21-17-8-7-15(13-17)14-19(4,5)22-16-9-11-20(6)12-10-16/h15-17H,7-14H2,1-6H3. The van der Waals surface area contributed by atoms with Crippen LogP contribution in [0, 0.1) is 5.92 Å².